The molecule has 2 aromatic rings. The van der Waals surface area contributed by atoms with Gasteiger partial charge in [0, 0.05) is 72.1 Å². The van der Waals surface area contributed by atoms with Crippen molar-refractivity contribution in [1.82, 2.24) is 20.1 Å². The molecule has 0 atom stereocenters. The number of guanidine groups is 1. The van der Waals surface area contributed by atoms with Crippen molar-refractivity contribution >= 4 is 17.5 Å². The third kappa shape index (κ3) is 5.24. The first-order valence-corrected chi connectivity index (χ1v) is 11.6. The Labute approximate surface area is 191 Å². The van der Waals surface area contributed by atoms with Crippen molar-refractivity contribution in [3.63, 3.8) is 0 Å². The summed E-state index contributed by atoms with van der Waals surface area (Å²) in [7, 11) is 1.83. The van der Waals surface area contributed by atoms with Crippen LogP contribution in [0.15, 0.2) is 47.6 Å². The number of aliphatic imine (C=N–C) groups is 1. The molecule has 32 heavy (non-hydrogen) atoms. The number of para-hydroxylation sites is 2. The van der Waals surface area contributed by atoms with Crippen LogP contribution in [0.3, 0.4) is 0 Å². The molecular formula is C24H35N7O. The highest BCUT2D eigenvalue weighted by Crippen LogP contribution is 2.27. The van der Waals surface area contributed by atoms with Crippen molar-refractivity contribution in [3.8, 4) is 5.75 Å². The Morgan fingerprint density at radius 1 is 0.969 bits per heavy atom. The summed E-state index contributed by atoms with van der Waals surface area (Å²) in [6, 6.07) is 11.8. The zero-order valence-electron chi connectivity index (χ0n) is 19.2. The monoisotopic (exact) mass is 437 g/mol. The van der Waals surface area contributed by atoms with Gasteiger partial charge in [-0.05, 0) is 30.3 Å². The SMILES string of the molecule is CCN1CCN(c2ccc(CNC(=NC)N3CCN(c4ccccc4O)CC3)cn2)CC1. The van der Waals surface area contributed by atoms with E-state index in [4.69, 9.17) is 4.98 Å². The lowest BCUT2D eigenvalue weighted by Crippen LogP contribution is -2.52. The van der Waals surface area contributed by atoms with Gasteiger partial charge in [0.15, 0.2) is 5.96 Å². The summed E-state index contributed by atoms with van der Waals surface area (Å²) in [6.45, 7) is 11.7. The van der Waals surface area contributed by atoms with Crippen LogP contribution in [-0.2, 0) is 6.54 Å². The molecule has 0 unspecified atom stereocenters. The van der Waals surface area contributed by atoms with Gasteiger partial charge < -0.3 is 30.0 Å². The minimum Gasteiger partial charge on any atom is -0.506 e. The van der Waals surface area contributed by atoms with E-state index < -0.39 is 0 Å². The first-order chi connectivity index (χ1) is 15.7. The molecule has 0 bridgehead atoms. The molecule has 0 amide bonds. The van der Waals surface area contributed by atoms with Gasteiger partial charge in [-0.2, -0.15) is 0 Å². The van der Waals surface area contributed by atoms with Crippen molar-refractivity contribution in [2.24, 2.45) is 4.99 Å². The van der Waals surface area contributed by atoms with E-state index in [0.29, 0.717) is 12.3 Å². The zero-order valence-corrected chi connectivity index (χ0v) is 19.2. The molecule has 4 rings (SSSR count). The lowest BCUT2D eigenvalue weighted by molar-refractivity contribution is 0.270. The van der Waals surface area contributed by atoms with Gasteiger partial charge in [0.2, 0.25) is 0 Å². The summed E-state index contributed by atoms with van der Waals surface area (Å²) in [6.07, 6.45) is 1.97. The van der Waals surface area contributed by atoms with E-state index in [1.807, 2.05) is 31.4 Å². The molecule has 8 nitrogen and oxygen atoms in total. The lowest BCUT2D eigenvalue weighted by atomic mass is 10.2. The summed E-state index contributed by atoms with van der Waals surface area (Å²) in [4.78, 5) is 18.5. The number of benzene rings is 1. The van der Waals surface area contributed by atoms with Gasteiger partial charge in [-0.3, -0.25) is 4.99 Å². The second-order valence-electron chi connectivity index (χ2n) is 8.31. The van der Waals surface area contributed by atoms with E-state index in [0.717, 1.165) is 81.9 Å². The zero-order chi connectivity index (χ0) is 22.3. The average molecular weight is 438 g/mol. The number of phenolic OH excluding ortho intramolecular Hbond substituents is 1. The molecule has 0 radical (unpaired) electrons. The number of anilines is 2. The fourth-order valence-electron chi connectivity index (χ4n) is 4.41. The van der Waals surface area contributed by atoms with Crippen molar-refractivity contribution in [3.05, 3.63) is 48.2 Å². The molecule has 0 saturated carbocycles. The molecule has 8 heteroatoms. The molecule has 3 heterocycles. The van der Waals surface area contributed by atoms with E-state index in [-0.39, 0.29) is 0 Å². The third-order valence-electron chi connectivity index (χ3n) is 6.42. The molecule has 1 aromatic heterocycles. The summed E-state index contributed by atoms with van der Waals surface area (Å²) in [5.74, 6) is 2.31. The molecular weight excluding hydrogens is 402 g/mol. The number of likely N-dealkylation sites (N-methyl/N-ethyl adjacent to an activating group) is 1. The summed E-state index contributed by atoms with van der Waals surface area (Å²) < 4.78 is 0. The number of piperazine rings is 2. The molecule has 0 aliphatic carbocycles. The van der Waals surface area contributed by atoms with Crippen LogP contribution in [0.4, 0.5) is 11.5 Å². The highest BCUT2D eigenvalue weighted by Gasteiger charge is 2.21. The smallest absolute Gasteiger partial charge is 0.194 e. The van der Waals surface area contributed by atoms with Crippen LogP contribution in [0, 0.1) is 0 Å². The van der Waals surface area contributed by atoms with Crippen LogP contribution in [-0.4, -0.2) is 91.8 Å². The molecule has 1 aromatic carbocycles. The van der Waals surface area contributed by atoms with Gasteiger partial charge in [-0.1, -0.05) is 25.1 Å². The summed E-state index contributed by atoms with van der Waals surface area (Å²) in [5, 5.41) is 13.6. The minimum atomic E-state index is 0.339. The number of rotatable bonds is 5. The number of nitrogens with zero attached hydrogens (tertiary/aromatic N) is 6. The largest absolute Gasteiger partial charge is 0.506 e. The quantitative estimate of drug-likeness (QED) is 0.546. The van der Waals surface area contributed by atoms with Gasteiger partial charge in [-0.15, -0.1) is 0 Å². The van der Waals surface area contributed by atoms with Gasteiger partial charge in [0.1, 0.15) is 11.6 Å². The van der Waals surface area contributed by atoms with Gasteiger partial charge in [-0.25, -0.2) is 4.98 Å². The summed E-state index contributed by atoms with van der Waals surface area (Å²) >= 11 is 0. The van der Waals surface area contributed by atoms with Crippen molar-refractivity contribution in [2.45, 2.75) is 13.5 Å². The Balaban J connectivity index is 1.26. The van der Waals surface area contributed by atoms with E-state index in [9.17, 15) is 5.11 Å². The van der Waals surface area contributed by atoms with Gasteiger partial charge in [0.25, 0.3) is 0 Å². The maximum Gasteiger partial charge on any atom is 0.194 e. The standard InChI is InChI=1S/C24H35N7O/c1-3-28-10-12-30(13-11-28)23-9-8-20(18-26-23)19-27-24(25-2)31-16-14-29(15-17-31)21-6-4-5-7-22(21)32/h4-9,18,32H,3,10-17,19H2,1-2H3,(H,25,27). The van der Waals surface area contributed by atoms with Crippen molar-refractivity contribution < 1.29 is 5.11 Å². The summed E-state index contributed by atoms with van der Waals surface area (Å²) in [5.41, 5.74) is 2.05. The predicted octanol–water partition coefficient (Wildman–Crippen LogP) is 1.83. The molecule has 2 N–H and O–H groups in total. The number of hydrogen-bond donors (Lipinski definition) is 2. The van der Waals surface area contributed by atoms with E-state index in [1.165, 1.54) is 0 Å². The average Bonchev–Trinajstić information content (AvgIpc) is 2.86. The Bertz CT molecular complexity index is 885. The normalized spacial score (nSPS) is 18.2. The number of aromatic nitrogens is 1. The second-order valence-corrected chi connectivity index (χ2v) is 8.31. The Morgan fingerprint density at radius 2 is 1.69 bits per heavy atom. The van der Waals surface area contributed by atoms with E-state index in [2.05, 4.69) is 49.0 Å². The number of hydrogen-bond acceptors (Lipinski definition) is 6. The van der Waals surface area contributed by atoms with Crippen LogP contribution in [0.1, 0.15) is 12.5 Å². The second kappa shape index (κ2) is 10.5. The number of pyridine rings is 1. The molecule has 2 fully saturated rings. The Morgan fingerprint density at radius 3 is 2.31 bits per heavy atom. The van der Waals surface area contributed by atoms with Crippen LogP contribution >= 0.6 is 0 Å². The van der Waals surface area contributed by atoms with Crippen LogP contribution in [0.5, 0.6) is 5.75 Å². The Hall–Kier alpha value is -3.00. The van der Waals surface area contributed by atoms with Crippen LogP contribution in [0.25, 0.3) is 0 Å². The highest BCUT2D eigenvalue weighted by atomic mass is 16.3. The number of phenols is 1. The van der Waals surface area contributed by atoms with Crippen LogP contribution < -0.4 is 15.1 Å². The molecule has 2 aliphatic heterocycles. The predicted molar refractivity (Wildman–Crippen MR) is 131 cm³/mol. The molecule has 172 valence electrons. The minimum absolute atomic E-state index is 0.339. The third-order valence-corrected chi connectivity index (χ3v) is 6.42. The van der Waals surface area contributed by atoms with E-state index in [1.54, 1.807) is 6.07 Å². The maximum absolute atomic E-state index is 10.1. The molecule has 2 saturated heterocycles. The van der Waals surface area contributed by atoms with Gasteiger partial charge in [0.05, 0.1) is 5.69 Å². The first kappa shape index (κ1) is 22.2. The van der Waals surface area contributed by atoms with E-state index >= 15 is 0 Å². The molecule has 0 spiro atoms. The Kier molecular flexibility index (Phi) is 7.32. The van der Waals surface area contributed by atoms with Gasteiger partial charge >= 0.3 is 0 Å². The van der Waals surface area contributed by atoms with Crippen LogP contribution in [0.2, 0.25) is 0 Å². The molecule has 2 aliphatic rings. The number of aromatic hydroxyl groups is 1. The van der Waals surface area contributed by atoms with Crippen molar-refractivity contribution in [2.75, 3.05) is 75.8 Å². The maximum atomic E-state index is 10.1. The highest BCUT2D eigenvalue weighted by molar-refractivity contribution is 5.80. The topological polar surface area (TPSA) is 70.5 Å². The number of nitrogens with one attached hydrogen (secondary N) is 1. The first-order valence-electron chi connectivity index (χ1n) is 11.6. The fraction of sp³-hybridized carbons (Fsp3) is 0.500. The van der Waals surface area contributed by atoms with Crippen molar-refractivity contribution in [1.29, 1.82) is 0 Å². The fourth-order valence-corrected chi connectivity index (χ4v) is 4.41. The lowest BCUT2D eigenvalue weighted by Gasteiger charge is -2.37.